The van der Waals surface area contributed by atoms with Crippen molar-refractivity contribution in [3.63, 3.8) is 0 Å². The first-order chi connectivity index (χ1) is 19.7. The van der Waals surface area contributed by atoms with E-state index in [4.69, 9.17) is 4.74 Å². The maximum absolute atomic E-state index is 14.3. The summed E-state index contributed by atoms with van der Waals surface area (Å²) in [6, 6.07) is 6.68. The molecule has 3 amide bonds. The van der Waals surface area contributed by atoms with Crippen LogP contribution in [0.1, 0.15) is 87.0 Å². The SMILES string of the molecule is CCOc1ccc(NC(=O)[C@@H]2[C@@H]3CC(C)C4(S3)C(C(=O)NC(C)(C)CC(C)(C)C)N(CCCCCCO)C(=O)[C@H]24)cc1. The standard InChI is InChI=1S/C33H51N3O5S/c1-8-41-23-15-13-22(14-16-23)34-28(38)25-24-19-21(2)33(42-24)26(25)30(40)36(17-11-9-10-12-18-37)27(33)29(39)35-32(6,7)20-31(3,4)5/h13-16,21,24-27,37H,8-12,17-20H2,1-7H3,(H,34,38)(H,35,39)/t21?,24-,25+,26-,27?,33?/m0/s1. The molecule has 234 valence electrons. The number of fused-ring (bicyclic) bond motifs is 1. The van der Waals surface area contributed by atoms with Gasteiger partial charge in [0.2, 0.25) is 17.7 Å². The van der Waals surface area contributed by atoms with Crippen molar-refractivity contribution in [3.8, 4) is 5.75 Å². The minimum atomic E-state index is -0.643. The third-order valence-corrected chi connectivity index (χ3v) is 11.0. The van der Waals surface area contributed by atoms with Gasteiger partial charge in [0.25, 0.3) is 0 Å². The van der Waals surface area contributed by atoms with Crippen LogP contribution in [0.4, 0.5) is 5.69 Å². The van der Waals surface area contributed by atoms with Crippen LogP contribution in [0.25, 0.3) is 0 Å². The van der Waals surface area contributed by atoms with Gasteiger partial charge in [-0.15, -0.1) is 11.8 Å². The number of thioether (sulfide) groups is 1. The topological polar surface area (TPSA) is 108 Å². The van der Waals surface area contributed by atoms with Gasteiger partial charge in [-0.3, -0.25) is 14.4 Å². The van der Waals surface area contributed by atoms with Crippen molar-refractivity contribution >= 4 is 35.2 Å². The first-order valence-electron chi connectivity index (χ1n) is 15.7. The van der Waals surface area contributed by atoms with Crippen LogP contribution in [0.5, 0.6) is 5.75 Å². The van der Waals surface area contributed by atoms with Crippen molar-refractivity contribution in [2.75, 3.05) is 25.1 Å². The van der Waals surface area contributed by atoms with E-state index in [0.717, 1.165) is 44.3 Å². The number of rotatable bonds is 13. The molecule has 3 fully saturated rings. The number of anilines is 1. The molecular formula is C33H51N3O5S. The van der Waals surface area contributed by atoms with Gasteiger partial charge in [-0.2, -0.15) is 0 Å². The minimum Gasteiger partial charge on any atom is -0.494 e. The number of nitrogens with one attached hydrogen (secondary N) is 2. The first-order valence-corrected chi connectivity index (χ1v) is 16.6. The van der Waals surface area contributed by atoms with Gasteiger partial charge in [-0.05, 0) is 82.1 Å². The molecule has 1 aromatic carbocycles. The summed E-state index contributed by atoms with van der Waals surface area (Å²) in [5.41, 5.74) is 0.241. The Morgan fingerprint density at radius 3 is 2.36 bits per heavy atom. The highest BCUT2D eigenvalue weighted by Gasteiger charge is 2.76. The molecule has 3 aliphatic heterocycles. The zero-order chi connectivity index (χ0) is 30.9. The molecule has 0 saturated carbocycles. The minimum absolute atomic E-state index is 0.0127. The van der Waals surface area contributed by atoms with Crippen molar-refractivity contribution in [2.45, 2.75) is 109 Å². The van der Waals surface area contributed by atoms with Gasteiger partial charge < -0.3 is 25.4 Å². The van der Waals surface area contributed by atoms with Gasteiger partial charge in [-0.1, -0.05) is 40.5 Å². The van der Waals surface area contributed by atoms with Crippen molar-refractivity contribution in [1.29, 1.82) is 0 Å². The van der Waals surface area contributed by atoms with Crippen LogP contribution < -0.4 is 15.4 Å². The lowest BCUT2D eigenvalue weighted by atomic mass is 9.65. The molecule has 1 aromatic rings. The highest BCUT2D eigenvalue weighted by atomic mass is 32.2. The number of carbonyl (C=O) groups excluding carboxylic acids is 3. The molecule has 2 bridgehead atoms. The van der Waals surface area contributed by atoms with Gasteiger partial charge in [0, 0.05) is 29.6 Å². The number of carbonyl (C=O) groups is 3. The number of amides is 3. The van der Waals surface area contributed by atoms with Crippen molar-refractivity contribution in [2.24, 2.45) is 23.2 Å². The maximum Gasteiger partial charge on any atom is 0.244 e. The molecule has 8 nitrogen and oxygen atoms in total. The Balaban J connectivity index is 1.62. The predicted molar refractivity (Wildman–Crippen MR) is 168 cm³/mol. The fourth-order valence-corrected chi connectivity index (χ4v) is 10.3. The smallest absolute Gasteiger partial charge is 0.244 e. The molecule has 3 heterocycles. The van der Waals surface area contributed by atoms with E-state index in [1.807, 2.05) is 31.2 Å². The monoisotopic (exact) mass is 601 g/mol. The van der Waals surface area contributed by atoms with Crippen LogP contribution >= 0.6 is 11.8 Å². The number of unbranched alkanes of at least 4 members (excludes halogenated alkanes) is 3. The third kappa shape index (κ3) is 6.62. The van der Waals surface area contributed by atoms with E-state index in [9.17, 15) is 19.5 Å². The summed E-state index contributed by atoms with van der Waals surface area (Å²) in [6.45, 7) is 15.9. The third-order valence-electron chi connectivity index (χ3n) is 8.97. The normalized spacial score (nSPS) is 28.6. The molecule has 0 aromatic heterocycles. The number of hydrogen-bond acceptors (Lipinski definition) is 6. The Morgan fingerprint density at radius 1 is 1.07 bits per heavy atom. The van der Waals surface area contributed by atoms with Crippen molar-refractivity contribution < 1.29 is 24.2 Å². The average molecular weight is 602 g/mol. The number of likely N-dealkylation sites (tertiary alicyclic amines) is 1. The summed E-state index contributed by atoms with van der Waals surface area (Å²) in [5, 5.41) is 15.6. The molecule has 3 aliphatic rings. The summed E-state index contributed by atoms with van der Waals surface area (Å²) >= 11 is 1.71. The van der Waals surface area contributed by atoms with E-state index in [-0.39, 0.29) is 40.9 Å². The summed E-state index contributed by atoms with van der Waals surface area (Å²) in [6.07, 6.45) is 4.84. The van der Waals surface area contributed by atoms with Crippen molar-refractivity contribution in [1.82, 2.24) is 10.2 Å². The lowest BCUT2D eigenvalue weighted by Gasteiger charge is -2.41. The quantitative estimate of drug-likeness (QED) is 0.267. The van der Waals surface area contributed by atoms with Gasteiger partial charge in [-0.25, -0.2) is 0 Å². The zero-order valence-electron chi connectivity index (χ0n) is 26.5. The number of benzene rings is 1. The summed E-state index contributed by atoms with van der Waals surface area (Å²) in [4.78, 5) is 44.3. The van der Waals surface area contributed by atoms with Crippen LogP contribution in [-0.2, 0) is 14.4 Å². The van der Waals surface area contributed by atoms with Crippen LogP contribution in [0.2, 0.25) is 0 Å². The van der Waals surface area contributed by atoms with Crippen LogP contribution in [0.3, 0.4) is 0 Å². The molecule has 3 N–H and O–H groups in total. The lowest BCUT2D eigenvalue weighted by molar-refractivity contribution is -0.139. The summed E-state index contributed by atoms with van der Waals surface area (Å²) in [7, 11) is 0. The molecule has 42 heavy (non-hydrogen) atoms. The molecule has 0 radical (unpaired) electrons. The number of nitrogens with zero attached hydrogens (tertiary/aromatic N) is 1. The first kappa shape index (κ1) is 32.6. The van der Waals surface area contributed by atoms with E-state index in [1.165, 1.54) is 0 Å². The second-order valence-electron chi connectivity index (χ2n) is 14.3. The van der Waals surface area contributed by atoms with Gasteiger partial charge in [0.15, 0.2) is 0 Å². The van der Waals surface area contributed by atoms with Gasteiger partial charge in [0.05, 0.1) is 23.2 Å². The molecule has 1 spiro atoms. The molecule has 6 atom stereocenters. The van der Waals surface area contributed by atoms with Crippen LogP contribution in [0.15, 0.2) is 24.3 Å². The lowest BCUT2D eigenvalue weighted by Crippen LogP contribution is -2.60. The second-order valence-corrected chi connectivity index (χ2v) is 15.8. The highest BCUT2D eigenvalue weighted by molar-refractivity contribution is 8.02. The number of aliphatic hydroxyl groups excluding tert-OH is 1. The Morgan fingerprint density at radius 2 is 1.74 bits per heavy atom. The molecule has 4 rings (SSSR count). The largest absolute Gasteiger partial charge is 0.494 e. The number of aliphatic hydroxyl groups is 1. The molecule has 3 unspecified atom stereocenters. The summed E-state index contributed by atoms with van der Waals surface area (Å²) in [5.74, 6) is -0.511. The Hall–Kier alpha value is -2.26. The molecule has 9 heteroatoms. The molecule has 0 aliphatic carbocycles. The predicted octanol–water partition coefficient (Wildman–Crippen LogP) is 5.24. The van der Waals surface area contributed by atoms with Crippen molar-refractivity contribution in [3.05, 3.63) is 24.3 Å². The average Bonchev–Trinajstić information content (AvgIpc) is 3.47. The Kier molecular flexibility index (Phi) is 9.93. The Bertz CT molecular complexity index is 1130. The van der Waals surface area contributed by atoms with Gasteiger partial charge >= 0.3 is 0 Å². The molecular weight excluding hydrogens is 550 g/mol. The fourth-order valence-electron chi connectivity index (χ4n) is 7.91. The zero-order valence-corrected chi connectivity index (χ0v) is 27.3. The Labute approximate surface area is 256 Å². The van der Waals surface area contributed by atoms with E-state index in [0.29, 0.717) is 18.8 Å². The fraction of sp³-hybridized carbons (Fsp3) is 0.727. The maximum atomic E-state index is 14.3. The van der Waals surface area contributed by atoms with E-state index in [1.54, 1.807) is 16.7 Å². The van der Waals surface area contributed by atoms with E-state index < -0.39 is 28.2 Å². The van der Waals surface area contributed by atoms with E-state index in [2.05, 4.69) is 52.2 Å². The summed E-state index contributed by atoms with van der Waals surface area (Å²) < 4.78 is 4.89. The number of hydrogen-bond donors (Lipinski definition) is 3. The highest BCUT2D eigenvalue weighted by Crippen LogP contribution is 2.68. The van der Waals surface area contributed by atoms with E-state index >= 15 is 0 Å². The van der Waals surface area contributed by atoms with Crippen LogP contribution in [-0.4, -0.2) is 69.1 Å². The van der Waals surface area contributed by atoms with Crippen LogP contribution in [0, 0.1) is 23.2 Å². The van der Waals surface area contributed by atoms with Gasteiger partial charge in [0.1, 0.15) is 11.8 Å². The molecule has 3 saturated heterocycles. The second kappa shape index (κ2) is 12.8. The number of ether oxygens (including phenoxy) is 1.